The summed E-state index contributed by atoms with van der Waals surface area (Å²) in [5, 5.41) is 17.8. The van der Waals surface area contributed by atoms with E-state index in [2.05, 4.69) is 20.3 Å². The van der Waals surface area contributed by atoms with Crippen molar-refractivity contribution in [1.29, 1.82) is 5.26 Å². The first-order chi connectivity index (χ1) is 18.8. The average molecular weight is 558 g/mol. The quantitative estimate of drug-likeness (QED) is 0.241. The Labute approximate surface area is 231 Å². The number of rotatable bonds is 4. The lowest BCUT2D eigenvalue weighted by Gasteiger charge is -2.20. The predicted octanol–water partition coefficient (Wildman–Crippen LogP) is 5.57. The normalized spacial score (nSPS) is 21.0. The van der Waals surface area contributed by atoms with Crippen LogP contribution >= 0.6 is 23.2 Å². The summed E-state index contributed by atoms with van der Waals surface area (Å²) in [5.74, 6) is -0.141. The summed E-state index contributed by atoms with van der Waals surface area (Å²) in [6, 6.07) is 14.0. The summed E-state index contributed by atoms with van der Waals surface area (Å²) in [4.78, 5) is 22.2. The van der Waals surface area contributed by atoms with Crippen LogP contribution in [0.3, 0.4) is 0 Å². The van der Waals surface area contributed by atoms with Gasteiger partial charge in [-0.2, -0.15) is 9.65 Å². The number of pyridine rings is 2. The molecule has 192 valence electrons. The maximum absolute atomic E-state index is 14.6. The van der Waals surface area contributed by atoms with Gasteiger partial charge in [-0.1, -0.05) is 28.4 Å². The zero-order valence-corrected chi connectivity index (χ0v) is 21.9. The second-order valence-electron chi connectivity index (χ2n) is 9.99. The fourth-order valence-electron chi connectivity index (χ4n) is 5.82. The summed E-state index contributed by atoms with van der Waals surface area (Å²) in [7, 11) is 0. The van der Waals surface area contributed by atoms with Gasteiger partial charge in [0.15, 0.2) is 5.69 Å². The lowest BCUT2D eigenvalue weighted by Crippen LogP contribution is -2.29. The van der Waals surface area contributed by atoms with E-state index in [4.69, 9.17) is 28.5 Å². The van der Waals surface area contributed by atoms with E-state index >= 15 is 0 Å². The molecule has 11 heteroatoms. The minimum absolute atomic E-state index is 0.169. The molecule has 2 aliphatic heterocycles. The number of benzene rings is 1. The first kappa shape index (κ1) is 23.9. The van der Waals surface area contributed by atoms with Gasteiger partial charge in [-0.3, -0.25) is 4.79 Å². The van der Waals surface area contributed by atoms with Crippen molar-refractivity contribution in [2.24, 2.45) is 10.9 Å². The van der Waals surface area contributed by atoms with Gasteiger partial charge in [0.05, 0.1) is 17.9 Å². The molecular formula is C28H18Cl2FN7O. The Balaban J connectivity index is 1.27. The van der Waals surface area contributed by atoms with Crippen molar-refractivity contribution in [3.05, 3.63) is 97.8 Å². The Kier molecular flexibility index (Phi) is 5.34. The van der Waals surface area contributed by atoms with Gasteiger partial charge in [0.2, 0.25) is 5.95 Å². The number of aryl methyl sites for hydroxylation is 1. The molecular weight excluding hydrogens is 540 g/mol. The Bertz CT molecular complexity index is 1880. The Morgan fingerprint density at radius 1 is 1.13 bits per heavy atom. The standard InChI is InChI=1S/C28H18Cl2FN7O/c1-13-2-4-17(28(31)33-13)21-10-22(34-27(21)30)26-20-9-19(20)24-6-14(7-25(39)38(24)26)18-8-15(29)3-5-23(18)37-12-16(11-32)35-36-37/h2-8,12,19-20,26H,9-10H2,1H3. The molecule has 3 atom stereocenters. The van der Waals surface area contributed by atoms with Crippen molar-refractivity contribution in [3.63, 3.8) is 0 Å². The van der Waals surface area contributed by atoms with E-state index in [1.165, 1.54) is 10.9 Å². The molecule has 4 aromatic rings. The Hall–Kier alpha value is -4.13. The number of allylic oxidation sites excluding steroid dienone is 1. The van der Waals surface area contributed by atoms with Crippen molar-refractivity contribution in [1.82, 2.24) is 24.5 Å². The van der Waals surface area contributed by atoms with Gasteiger partial charge in [-0.25, -0.2) is 14.7 Å². The zero-order chi connectivity index (χ0) is 27.0. The van der Waals surface area contributed by atoms with Gasteiger partial charge in [0.1, 0.15) is 11.2 Å². The molecule has 3 unspecified atom stereocenters. The molecule has 0 N–H and O–H groups in total. The van der Waals surface area contributed by atoms with Crippen molar-refractivity contribution in [2.45, 2.75) is 31.7 Å². The summed E-state index contributed by atoms with van der Waals surface area (Å²) >= 11 is 12.8. The van der Waals surface area contributed by atoms with Crippen molar-refractivity contribution < 1.29 is 4.39 Å². The molecule has 0 bridgehead atoms. The first-order valence-corrected chi connectivity index (χ1v) is 13.1. The van der Waals surface area contributed by atoms with Crippen LogP contribution in [-0.4, -0.2) is 30.3 Å². The lowest BCUT2D eigenvalue weighted by atomic mass is 9.98. The maximum atomic E-state index is 14.6. The highest BCUT2D eigenvalue weighted by atomic mass is 35.5. The van der Waals surface area contributed by atoms with Crippen molar-refractivity contribution in [2.75, 3.05) is 0 Å². The van der Waals surface area contributed by atoms with Crippen LogP contribution in [0.25, 0.3) is 22.4 Å². The largest absolute Gasteiger partial charge is 0.303 e. The van der Waals surface area contributed by atoms with E-state index in [1.54, 1.807) is 47.9 Å². The van der Waals surface area contributed by atoms with E-state index in [1.807, 2.05) is 12.1 Å². The molecule has 39 heavy (non-hydrogen) atoms. The van der Waals surface area contributed by atoms with Gasteiger partial charge in [-0.05, 0) is 61.2 Å². The van der Waals surface area contributed by atoms with Crippen LogP contribution in [0.5, 0.6) is 0 Å². The number of aromatic nitrogens is 5. The van der Waals surface area contributed by atoms with E-state index in [0.717, 1.165) is 17.8 Å². The third-order valence-electron chi connectivity index (χ3n) is 7.63. The number of fused-ring (bicyclic) bond motifs is 3. The number of aliphatic imine (C=N–C) groups is 1. The van der Waals surface area contributed by atoms with Gasteiger partial charge >= 0.3 is 0 Å². The molecule has 0 radical (unpaired) electrons. The fourth-order valence-corrected chi connectivity index (χ4v) is 6.27. The van der Waals surface area contributed by atoms with E-state index in [-0.39, 0.29) is 34.3 Å². The van der Waals surface area contributed by atoms with Crippen LogP contribution in [0.15, 0.2) is 63.6 Å². The average Bonchev–Trinajstić information content (AvgIpc) is 3.22. The Morgan fingerprint density at radius 3 is 2.74 bits per heavy atom. The highest BCUT2D eigenvalue weighted by Gasteiger charge is 2.55. The predicted molar refractivity (Wildman–Crippen MR) is 144 cm³/mol. The number of nitrogens with zero attached hydrogens (tertiary/aromatic N) is 7. The second-order valence-corrected chi connectivity index (χ2v) is 10.8. The second kappa shape index (κ2) is 8.70. The topological polar surface area (TPSA) is 102 Å². The third-order valence-corrected chi connectivity index (χ3v) is 8.18. The maximum Gasteiger partial charge on any atom is 0.251 e. The molecule has 1 fully saturated rings. The van der Waals surface area contributed by atoms with Crippen LogP contribution in [-0.2, 0) is 0 Å². The van der Waals surface area contributed by atoms with Crippen LogP contribution in [0, 0.1) is 30.1 Å². The highest BCUT2D eigenvalue weighted by Crippen LogP contribution is 2.60. The zero-order valence-electron chi connectivity index (χ0n) is 20.4. The smallest absolute Gasteiger partial charge is 0.251 e. The monoisotopic (exact) mass is 557 g/mol. The SMILES string of the molecule is Cc1ccc(C2=C(Cl)N=C(C3C4CC4c4cc(-c5cc(Cl)ccc5-n5cc(C#N)nn5)cc(=O)n43)C2)c(F)n1. The van der Waals surface area contributed by atoms with Crippen LogP contribution in [0.2, 0.25) is 5.02 Å². The van der Waals surface area contributed by atoms with E-state index in [0.29, 0.717) is 45.1 Å². The lowest BCUT2D eigenvalue weighted by molar-refractivity contribution is 0.574. The van der Waals surface area contributed by atoms with E-state index < -0.39 is 5.95 Å². The molecule has 1 aliphatic carbocycles. The number of hydrogen-bond donors (Lipinski definition) is 0. The minimum atomic E-state index is -0.580. The van der Waals surface area contributed by atoms with Gasteiger partial charge in [0.25, 0.3) is 5.56 Å². The third kappa shape index (κ3) is 3.82. The summed E-state index contributed by atoms with van der Waals surface area (Å²) in [6.45, 7) is 1.73. The molecule has 3 aliphatic rings. The van der Waals surface area contributed by atoms with Crippen LogP contribution in [0.4, 0.5) is 4.39 Å². The minimum Gasteiger partial charge on any atom is -0.303 e. The van der Waals surface area contributed by atoms with Gasteiger partial charge in [-0.15, -0.1) is 5.10 Å². The number of hydrogen-bond acceptors (Lipinski definition) is 6. The molecule has 0 saturated heterocycles. The van der Waals surface area contributed by atoms with Crippen molar-refractivity contribution in [3.8, 4) is 22.9 Å². The van der Waals surface area contributed by atoms with Crippen LogP contribution < -0.4 is 5.56 Å². The molecule has 8 nitrogen and oxygen atoms in total. The van der Waals surface area contributed by atoms with Gasteiger partial charge in [0, 0.05) is 57.2 Å². The first-order valence-electron chi connectivity index (χ1n) is 12.3. The highest BCUT2D eigenvalue weighted by molar-refractivity contribution is 6.35. The summed E-state index contributed by atoms with van der Waals surface area (Å²) in [5.41, 5.74) is 5.23. The number of nitriles is 1. The fraction of sp³-hybridized carbons (Fsp3) is 0.214. The van der Waals surface area contributed by atoms with Crippen molar-refractivity contribution >= 4 is 34.5 Å². The number of halogens is 3. The van der Waals surface area contributed by atoms with Crippen LogP contribution in [0.1, 0.15) is 47.4 Å². The van der Waals surface area contributed by atoms with Gasteiger partial charge < -0.3 is 4.57 Å². The molecule has 5 heterocycles. The Morgan fingerprint density at radius 2 is 1.97 bits per heavy atom. The summed E-state index contributed by atoms with van der Waals surface area (Å²) in [6.07, 6.45) is 2.81. The molecule has 1 saturated carbocycles. The molecule has 3 aromatic heterocycles. The molecule has 1 aromatic carbocycles. The molecule has 7 rings (SSSR count). The molecule has 0 spiro atoms. The van der Waals surface area contributed by atoms with E-state index in [9.17, 15) is 9.18 Å². The summed E-state index contributed by atoms with van der Waals surface area (Å²) < 4.78 is 17.9. The molecule has 0 amide bonds.